The van der Waals surface area contributed by atoms with Crippen molar-refractivity contribution < 1.29 is 14.3 Å². The van der Waals surface area contributed by atoms with Crippen LogP contribution in [0.4, 0.5) is 11.4 Å². The molecule has 2 amide bonds. The Labute approximate surface area is 182 Å². The van der Waals surface area contributed by atoms with Crippen LogP contribution in [0.3, 0.4) is 0 Å². The number of nitrogens with one attached hydrogen (secondary N) is 1. The summed E-state index contributed by atoms with van der Waals surface area (Å²) in [6.45, 7) is 5.83. The van der Waals surface area contributed by atoms with Crippen LogP contribution in [-0.2, 0) is 9.59 Å². The quantitative estimate of drug-likeness (QED) is 0.598. The third-order valence-electron chi connectivity index (χ3n) is 5.47. The Morgan fingerprint density at radius 2 is 1.52 bits per heavy atom. The van der Waals surface area contributed by atoms with Crippen LogP contribution >= 0.6 is 0 Å². The smallest absolute Gasteiger partial charge is 0.282 e. The first kappa shape index (κ1) is 20.4. The summed E-state index contributed by atoms with van der Waals surface area (Å²) in [6, 6.07) is 20.6. The van der Waals surface area contributed by atoms with E-state index in [1.54, 1.807) is 25.3 Å². The van der Waals surface area contributed by atoms with Gasteiger partial charge in [-0.2, -0.15) is 0 Å². The molecular weight excluding hydrogens is 388 g/mol. The molecular formula is C26H24N2O3. The van der Waals surface area contributed by atoms with Crippen molar-refractivity contribution in [3.8, 4) is 5.75 Å². The van der Waals surface area contributed by atoms with Gasteiger partial charge in [-0.05, 0) is 55.7 Å². The fourth-order valence-corrected chi connectivity index (χ4v) is 3.79. The number of para-hydroxylation sites is 2. The summed E-state index contributed by atoms with van der Waals surface area (Å²) in [5.41, 5.74) is 5.35. The highest BCUT2D eigenvalue weighted by Crippen LogP contribution is 2.38. The second-order valence-corrected chi connectivity index (χ2v) is 7.63. The van der Waals surface area contributed by atoms with Gasteiger partial charge in [-0.3, -0.25) is 9.59 Å². The Balaban J connectivity index is 1.91. The number of methoxy groups -OCH3 is 1. The molecule has 0 radical (unpaired) electrons. The average molecular weight is 412 g/mol. The molecule has 0 aromatic heterocycles. The van der Waals surface area contributed by atoms with Crippen LogP contribution in [0, 0.1) is 20.8 Å². The maximum atomic E-state index is 13.6. The molecule has 0 saturated carbocycles. The summed E-state index contributed by atoms with van der Waals surface area (Å²) in [5.74, 6) is -0.233. The van der Waals surface area contributed by atoms with Crippen molar-refractivity contribution in [3.63, 3.8) is 0 Å². The molecule has 0 spiro atoms. The number of ether oxygens (including phenoxy) is 1. The van der Waals surface area contributed by atoms with Crippen LogP contribution in [-0.4, -0.2) is 18.9 Å². The number of aryl methyl sites for hydroxylation is 3. The van der Waals surface area contributed by atoms with E-state index < -0.39 is 0 Å². The molecule has 31 heavy (non-hydrogen) atoms. The lowest BCUT2D eigenvalue weighted by atomic mass is 10.0. The van der Waals surface area contributed by atoms with E-state index in [4.69, 9.17) is 4.74 Å². The minimum atomic E-state index is -0.388. The molecule has 4 rings (SSSR count). The van der Waals surface area contributed by atoms with E-state index in [-0.39, 0.29) is 17.5 Å². The number of anilines is 2. The van der Waals surface area contributed by atoms with Gasteiger partial charge < -0.3 is 10.1 Å². The van der Waals surface area contributed by atoms with E-state index in [2.05, 4.69) is 5.32 Å². The monoisotopic (exact) mass is 412 g/mol. The zero-order chi connectivity index (χ0) is 22.1. The van der Waals surface area contributed by atoms with E-state index in [9.17, 15) is 9.59 Å². The lowest BCUT2D eigenvalue weighted by Crippen LogP contribution is -2.33. The van der Waals surface area contributed by atoms with Crippen LogP contribution in [0.5, 0.6) is 5.75 Å². The van der Waals surface area contributed by atoms with Crippen LogP contribution in [0.25, 0.3) is 5.57 Å². The second-order valence-electron chi connectivity index (χ2n) is 7.63. The Morgan fingerprint density at radius 3 is 2.26 bits per heavy atom. The Bertz CT molecular complexity index is 1230. The molecule has 0 unspecified atom stereocenters. The zero-order valence-corrected chi connectivity index (χ0v) is 18.0. The lowest BCUT2D eigenvalue weighted by Gasteiger charge is -2.18. The Hall–Kier alpha value is -3.86. The topological polar surface area (TPSA) is 58.6 Å². The predicted molar refractivity (Wildman–Crippen MR) is 123 cm³/mol. The van der Waals surface area contributed by atoms with Crippen LogP contribution in [0.15, 0.2) is 72.4 Å². The number of carbonyl (C=O) groups excluding carboxylic acids is 2. The third-order valence-corrected chi connectivity index (χ3v) is 5.47. The minimum Gasteiger partial charge on any atom is -0.496 e. The number of imide groups is 1. The fraction of sp³-hybridized carbons (Fsp3) is 0.154. The zero-order valence-electron chi connectivity index (χ0n) is 18.0. The van der Waals surface area contributed by atoms with Crippen LogP contribution in [0.1, 0.15) is 22.3 Å². The second kappa shape index (κ2) is 8.11. The first-order valence-corrected chi connectivity index (χ1v) is 10.1. The van der Waals surface area contributed by atoms with Crippen molar-refractivity contribution in [2.24, 2.45) is 0 Å². The number of nitrogens with zero attached hydrogens (tertiary/aromatic N) is 1. The normalized spacial score (nSPS) is 13.7. The number of hydrogen-bond donors (Lipinski definition) is 1. The molecule has 0 atom stereocenters. The summed E-state index contributed by atoms with van der Waals surface area (Å²) < 4.78 is 5.50. The summed E-state index contributed by atoms with van der Waals surface area (Å²) in [7, 11) is 1.55. The molecule has 1 aliphatic rings. The first-order chi connectivity index (χ1) is 14.9. The van der Waals surface area contributed by atoms with E-state index in [0.29, 0.717) is 22.6 Å². The van der Waals surface area contributed by atoms with Crippen molar-refractivity contribution in [1.29, 1.82) is 0 Å². The molecule has 1 heterocycles. The predicted octanol–water partition coefficient (Wildman–Crippen LogP) is 5.02. The van der Waals surface area contributed by atoms with E-state index in [1.807, 2.05) is 69.3 Å². The summed E-state index contributed by atoms with van der Waals surface area (Å²) in [4.78, 5) is 28.5. The van der Waals surface area contributed by atoms with Crippen molar-refractivity contribution in [1.82, 2.24) is 0 Å². The SMILES string of the molecule is COc1ccccc1C1=C(Nc2cc(C)ccc2C)C(=O)N(c2ccccc2C)C1=O. The fourth-order valence-electron chi connectivity index (χ4n) is 3.79. The van der Waals surface area contributed by atoms with Gasteiger partial charge >= 0.3 is 0 Å². The van der Waals surface area contributed by atoms with Crippen molar-refractivity contribution in [2.45, 2.75) is 20.8 Å². The molecule has 5 heteroatoms. The highest BCUT2D eigenvalue weighted by Gasteiger charge is 2.41. The first-order valence-electron chi connectivity index (χ1n) is 10.1. The van der Waals surface area contributed by atoms with Gasteiger partial charge in [-0.15, -0.1) is 0 Å². The Kier molecular flexibility index (Phi) is 5.34. The Morgan fingerprint density at radius 1 is 0.806 bits per heavy atom. The van der Waals surface area contributed by atoms with Crippen molar-refractivity contribution >= 4 is 28.8 Å². The number of hydrogen-bond acceptors (Lipinski definition) is 4. The van der Waals surface area contributed by atoms with Gasteiger partial charge in [0.15, 0.2) is 0 Å². The van der Waals surface area contributed by atoms with Crippen molar-refractivity contribution in [3.05, 3.63) is 94.7 Å². The lowest BCUT2D eigenvalue weighted by molar-refractivity contribution is -0.120. The van der Waals surface area contributed by atoms with Gasteiger partial charge in [0, 0.05) is 11.3 Å². The van der Waals surface area contributed by atoms with Gasteiger partial charge in [0.25, 0.3) is 11.8 Å². The highest BCUT2D eigenvalue weighted by molar-refractivity contribution is 6.46. The average Bonchev–Trinajstić information content (AvgIpc) is 3.00. The molecule has 156 valence electrons. The van der Waals surface area contributed by atoms with E-state index >= 15 is 0 Å². The van der Waals surface area contributed by atoms with E-state index in [0.717, 1.165) is 22.4 Å². The molecule has 0 bridgehead atoms. The number of amides is 2. The minimum absolute atomic E-state index is 0.242. The van der Waals surface area contributed by atoms with Gasteiger partial charge in [-0.1, -0.05) is 48.5 Å². The van der Waals surface area contributed by atoms with Gasteiger partial charge in [0.05, 0.1) is 18.4 Å². The molecule has 3 aromatic rings. The van der Waals surface area contributed by atoms with Gasteiger partial charge in [0.2, 0.25) is 0 Å². The molecule has 1 aliphatic heterocycles. The summed E-state index contributed by atoms with van der Waals surface area (Å²) in [6.07, 6.45) is 0. The largest absolute Gasteiger partial charge is 0.496 e. The molecule has 0 aliphatic carbocycles. The maximum absolute atomic E-state index is 13.6. The van der Waals surface area contributed by atoms with Crippen molar-refractivity contribution in [2.75, 3.05) is 17.3 Å². The van der Waals surface area contributed by atoms with Gasteiger partial charge in [-0.25, -0.2) is 4.90 Å². The molecule has 3 aromatic carbocycles. The molecule has 5 nitrogen and oxygen atoms in total. The molecule has 0 fully saturated rings. The van der Waals surface area contributed by atoms with E-state index in [1.165, 1.54) is 4.90 Å². The van der Waals surface area contributed by atoms with Crippen LogP contribution < -0.4 is 15.0 Å². The number of rotatable bonds is 5. The van der Waals surface area contributed by atoms with Crippen LogP contribution in [0.2, 0.25) is 0 Å². The standard InChI is InChI=1S/C26H24N2O3/c1-16-13-14-17(2)20(15-16)27-24-23(19-10-6-8-12-22(19)31-4)25(29)28(26(24)30)21-11-7-5-9-18(21)3/h5-15,27H,1-4H3. The summed E-state index contributed by atoms with van der Waals surface area (Å²) in [5, 5.41) is 3.26. The summed E-state index contributed by atoms with van der Waals surface area (Å²) >= 11 is 0. The van der Waals surface area contributed by atoms with Gasteiger partial charge in [0.1, 0.15) is 11.4 Å². The maximum Gasteiger partial charge on any atom is 0.282 e. The molecule has 1 N–H and O–H groups in total. The number of benzene rings is 3. The third kappa shape index (κ3) is 3.59. The molecule has 0 saturated heterocycles. The highest BCUT2D eigenvalue weighted by atomic mass is 16.5. The number of carbonyl (C=O) groups is 2.